The third-order valence-corrected chi connectivity index (χ3v) is 8.14. The molecule has 0 bridgehead atoms. The predicted molar refractivity (Wildman–Crippen MR) is 116 cm³/mol. The first-order valence-electron chi connectivity index (χ1n) is 8.92. The highest BCUT2D eigenvalue weighted by atomic mass is 35.5. The van der Waals surface area contributed by atoms with Crippen molar-refractivity contribution in [1.29, 1.82) is 0 Å². The number of hydrogen-bond donors (Lipinski definition) is 0. The van der Waals surface area contributed by atoms with E-state index in [1.807, 2.05) is 39.0 Å². The fourth-order valence-corrected chi connectivity index (χ4v) is 6.96. The summed E-state index contributed by atoms with van der Waals surface area (Å²) in [6.45, 7) is 5.71. The smallest absolute Gasteiger partial charge is 0.230 e. The van der Waals surface area contributed by atoms with Crippen molar-refractivity contribution in [2.45, 2.75) is 20.8 Å². The molecule has 3 rings (SSSR count). The largest absolute Gasteiger partial charge is 0.496 e. The summed E-state index contributed by atoms with van der Waals surface area (Å²) >= 11 is 6.47. The monoisotopic (exact) mass is 412 g/mol. The van der Waals surface area contributed by atoms with Gasteiger partial charge in [0.05, 0.1) is 17.4 Å². The van der Waals surface area contributed by atoms with Gasteiger partial charge in [0.25, 0.3) is 0 Å². The summed E-state index contributed by atoms with van der Waals surface area (Å²) in [7, 11) is -2.31. The summed E-state index contributed by atoms with van der Waals surface area (Å²) in [5.41, 5.74) is 2.69. The maximum atomic E-state index is 14.6. The number of rotatable bonds is 5. The molecule has 1 unspecified atom stereocenters. The van der Waals surface area contributed by atoms with Gasteiger partial charge in [-0.2, -0.15) is 0 Å². The highest BCUT2D eigenvalue weighted by Gasteiger charge is 2.41. The lowest BCUT2D eigenvalue weighted by Gasteiger charge is -2.23. The molecule has 3 nitrogen and oxygen atoms in total. The van der Waals surface area contributed by atoms with Gasteiger partial charge in [0.15, 0.2) is 0 Å². The lowest BCUT2D eigenvalue weighted by atomic mass is 10.0. The summed E-state index contributed by atoms with van der Waals surface area (Å²) < 4.78 is 20.0. The van der Waals surface area contributed by atoms with Crippen LogP contribution in [-0.2, 0) is 4.57 Å². The number of benzene rings is 3. The molecule has 0 saturated carbocycles. The number of ether oxygens (including phenoxy) is 1. The number of hydrogen-bond acceptors (Lipinski definition) is 3. The zero-order valence-electron chi connectivity index (χ0n) is 16.3. The summed E-state index contributed by atoms with van der Waals surface area (Å²) in [6.07, 6.45) is 0. The van der Waals surface area contributed by atoms with Crippen LogP contribution in [0.5, 0.6) is 5.75 Å². The highest BCUT2D eigenvalue weighted by Crippen LogP contribution is 2.51. The third-order valence-electron chi connectivity index (χ3n) is 4.78. The van der Waals surface area contributed by atoms with E-state index in [1.165, 1.54) is 7.11 Å². The van der Waals surface area contributed by atoms with Crippen LogP contribution in [0.25, 0.3) is 0 Å². The van der Waals surface area contributed by atoms with Gasteiger partial charge in [-0.05, 0) is 44.0 Å². The molecule has 5 heteroatoms. The van der Waals surface area contributed by atoms with Crippen molar-refractivity contribution in [2.75, 3.05) is 7.11 Å². The van der Waals surface area contributed by atoms with E-state index < -0.39 is 12.7 Å². The van der Waals surface area contributed by atoms with Crippen molar-refractivity contribution in [3.63, 3.8) is 0 Å². The zero-order chi connectivity index (χ0) is 20.5. The molecule has 0 fully saturated rings. The summed E-state index contributed by atoms with van der Waals surface area (Å²) in [5, 5.41) is 0.933. The van der Waals surface area contributed by atoms with Crippen LogP contribution < -0.4 is 15.3 Å². The molecule has 0 N–H and O–H groups in total. The van der Waals surface area contributed by atoms with Crippen molar-refractivity contribution in [3.8, 4) is 5.75 Å². The first kappa shape index (κ1) is 20.4. The Bertz CT molecular complexity index is 1070. The van der Waals surface area contributed by atoms with E-state index in [9.17, 15) is 9.36 Å². The minimum absolute atomic E-state index is 0.245. The van der Waals surface area contributed by atoms with E-state index in [0.29, 0.717) is 16.6 Å². The second-order valence-electron chi connectivity index (χ2n) is 6.81. The fraction of sp³-hybridized carbons (Fsp3) is 0.174. The SMILES string of the molecule is COc1cccc(Cl)c1P(=O)(C(=O)c1c(C)cc(C)cc1C)c1ccccc1. The number of carbonyl (C=O) groups is 1. The van der Waals surface area contributed by atoms with E-state index in [4.69, 9.17) is 16.3 Å². The molecule has 144 valence electrons. The predicted octanol–water partition coefficient (Wildman–Crippen LogP) is 5.43. The van der Waals surface area contributed by atoms with Gasteiger partial charge in [0, 0.05) is 10.9 Å². The molecular formula is C23H22ClO3P. The lowest BCUT2D eigenvalue weighted by molar-refractivity contribution is 0.107. The maximum Gasteiger partial charge on any atom is 0.230 e. The Morgan fingerprint density at radius 3 is 2.11 bits per heavy atom. The van der Waals surface area contributed by atoms with E-state index in [-0.39, 0.29) is 10.3 Å². The van der Waals surface area contributed by atoms with Crippen LogP contribution in [0.15, 0.2) is 60.7 Å². The third kappa shape index (κ3) is 3.41. The molecule has 0 aliphatic carbocycles. The normalized spacial score (nSPS) is 13.0. The van der Waals surface area contributed by atoms with Crippen LogP contribution in [0.3, 0.4) is 0 Å². The molecule has 3 aromatic carbocycles. The summed E-state index contributed by atoms with van der Waals surface area (Å²) in [6, 6.07) is 17.7. The minimum atomic E-state index is -3.79. The Hall–Kier alpha value is -2.35. The first-order chi connectivity index (χ1) is 13.3. The standard InChI is InChI=1S/C23H22ClO3P/c1-15-13-16(2)21(17(3)14-15)23(25)28(26,18-9-6-5-7-10-18)22-19(24)11-8-12-20(22)27-4/h5-14H,1-4H3. The van der Waals surface area contributed by atoms with Gasteiger partial charge in [0.1, 0.15) is 5.75 Å². The van der Waals surface area contributed by atoms with Crippen molar-refractivity contribution >= 4 is 34.9 Å². The molecule has 3 aromatic rings. The molecule has 0 amide bonds. The van der Waals surface area contributed by atoms with Crippen LogP contribution >= 0.6 is 18.7 Å². The molecule has 0 heterocycles. The molecule has 0 aromatic heterocycles. The van der Waals surface area contributed by atoms with Gasteiger partial charge in [-0.25, -0.2) is 0 Å². The topological polar surface area (TPSA) is 43.4 Å². The van der Waals surface area contributed by atoms with Crippen LogP contribution in [0.1, 0.15) is 27.0 Å². The van der Waals surface area contributed by atoms with Crippen molar-refractivity contribution in [3.05, 3.63) is 87.9 Å². The van der Waals surface area contributed by atoms with Gasteiger partial charge in [-0.1, -0.05) is 65.7 Å². The van der Waals surface area contributed by atoms with Gasteiger partial charge in [-0.3, -0.25) is 4.79 Å². The molecule has 0 aliphatic heterocycles. The van der Waals surface area contributed by atoms with Crippen LogP contribution in [0.2, 0.25) is 5.02 Å². The number of aryl methyl sites for hydroxylation is 3. The molecule has 0 spiro atoms. The van der Waals surface area contributed by atoms with Crippen molar-refractivity contribution < 1.29 is 14.1 Å². The Balaban J connectivity index is 2.38. The molecule has 0 radical (unpaired) electrons. The van der Waals surface area contributed by atoms with Gasteiger partial charge in [-0.15, -0.1) is 0 Å². The molecule has 28 heavy (non-hydrogen) atoms. The average Bonchev–Trinajstić information content (AvgIpc) is 2.67. The molecule has 0 aliphatic rings. The lowest BCUT2D eigenvalue weighted by Crippen LogP contribution is -2.25. The Morgan fingerprint density at radius 1 is 0.929 bits per heavy atom. The molecular weight excluding hydrogens is 391 g/mol. The average molecular weight is 413 g/mol. The van der Waals surface area contributed by atoms with E-state index >= 15 is 0 Å². The second-order valence-corrected chi connectivity index (χ2v) is 9.81. The van der Waals surface area contributed by atoms with Gasteiger partial charge < -0.3 is 9.30 Å². The van der Waals surface area contributed by atoms with E-state index in [0.717, 1.165) is 16.7 Å². The number of methoxy groups -OCH3 is 1. The van der Waals surface area contributed by atoms with Crippen LogP contribution in [-0.4, -0.2) is 12.6 Å². The van der Waals surface area contributed by atoms with Crippen molar-refractivity contribution in [1.82, 2.24) is 0 Å². The van der Waals surface area contributed by atoms with Crippen LogP contribution in [0.4, 0.5) is 0 Å². The summed E-state index contributed by atoms with van der Waals surface area (Å²) in [5.74, 6) is 0.343. The first-order valence-corrected chi connectivity index (χ1v) is 11.0. The zero-order valence-corrected chi connectivity index (χ0v) is 18.0. The van der Waals surface area contributed by atoms with Gasteiger partial charge >= 0.3 is 0 Å². The minimum Gasteiger partial charge on any atom is -0.496 e. The quantitative estimate of drug-likeness (QED) is 0.525. The van der Waals surface area contributed by atoms with Gasteiger partial charge in [0.2, 0.25) is 12.7 Å². The van der Waals surface area contributed by atoms with E-state index in [1.54, 1.807) is 42.5 Å². The van der Waals surface area contributed by atoms with Crippen LogP contribution in [0, 0.1) is 20.8 Å². The Morgan fingerprint density at radius 2 is 1.54 bits per heavy atom. The van der Waals surface area contributed by atoms with Crippen molar-refractivity contribution in [2.24, 2.45) is 0 Å². The summed E-state index contributed by atoms with van der Waals surface area (Å²) in [4.78, 5) is 13.9. The molecule has 0 saturated heterocycles. The number of halogens is 1. The Kier molecular flexibility index (Phi) is 5.79. The Labute approximate surface area is 170 Å². The van der Waals surface area contributed by atoms with E-state index in [2.05, 4.69) is 0 Å². The maximum absolute atomic E-state index is 14.6. The highest BCUT2D eigenvalue weighted by molar-refractivity contribution is 7.93. The second kappa shape index (κ2) is 7.95. The fourth-order valence-electron chi connectivity index (χ4n) is 3.63. The molecule has 1 atom stereocenters. The number of carbonyl (C=O) groups excluding carboxylic acids is 1.